The Labute approximate surface area is 101 Å². The van der Waals surface area contributed by atoms with Crippen LogP contribution in [0.5, 0.6) is 5.75 Å². The average Bonchev–Trinajstić information content (AvgIpc) is 2.74. The zero-order chi connectivity index (χ0) is 10.8. The number of amides is 1. The molecule has 80 valence electrons. The van der Waals surface area contributed by atoms with Crippen LogP contribution in [0.2, 0.25) is 0 Å². The first-order chi connectivity index (χ1) is 7.18. The normalized spacial score (nSPS) is 15.7. The maximum absolute atomic E-state index is 11.8. The van der Waals surface area contributed by atoms with Gasteiger partial charge in [-0.15, -0.1) is 0 Å². The van der Waals surface area contributed by atoms with Gasteiger partial charge in [0.2, 0.25) is 0 Å². The lowest BCUT2D eigenvalue weighted by molar-refractivity contribution is -0.0768. The van der Waals surface area contributed by atoms with Crippen molar-refractivity contribution >= 4 is 28.5 Å². The van der Waals surface area contributed by atoms with Crippen LogP contribution >= 0.6 is 22.6 Å². The number of nitrogens with zero attached hydrogens (tertiary/aromatic N) is 1. The van der Waals surface area contributed by atoms with E-state index < -0.39 is 0 Å². The number of aromatic hydroxyl groups is 1. The van der Waals surface area contributed by atoms with Crippen LogP contribution in [0.3, 0.4) is 0 Å². The molecule has 0 radical (unpaired) electrons. The molecule has 0 unspecified atom stereocenters. The van der Waals surface area contributed by atoms with Gasteiger partial charge in [-0.2, -0.15) is 0 Å². The van der Waals surface area contributed by atoms with E-state index in [1.165, 1.54) is 11.1 Å². The number of hydrogen-bond donors (Lipinski definition) is 1. The summed E-state index contributed by atoms with van der Waals surface area (Å²) >= 11 is 2.01. The summed E-state index contributed by atoms with van der Waals surface area (Å²) in [5.74, 6) is -0.0696. The maximum Gasteiger partial charge on any atom is 0.277 e. The standard InChI is InChI=1S/C10H10INO3/c11-8-3-2-7(6-9(8)13)10(14)12-4-1-5-15-12/h2-3,6,13H,1,4-5H2. The molecule has 0 spiro atoms. The Morgan fingerprint density at radius 1 is 1.53 bits per heavy atom. The zero-order valence-corrected chi connectivity index (χ0v) is 10.1. The lowest BCUT2D eigenvalue weighted by Crippen LogP contribution is -2.26. The van der Waals surface area contributed by atoms with Crippen LogP contribution in [0, 0.1) is 3.57 Å². The predicted octanol–water partition coefficient (Wildman–Crippen LogP) is 1.77. The monoisotopic (exact) mass is 319 g/mol. The van der Waals surface area contributed by atoms with Gasteiger partial charge in [-0.3, -0.25) is 9.63 Å². The molecule has 1 N–H and O–H groups in total. The Hall–Kier alpha value is -0.820. The molecule has 0 atom stereocenters. The van der Waals surface area contributed by atoms with Crippen molar-refractivity contribution in [2.45, 2.75) is 6.42 Å². The van der Waals surface area contributed by atoms with E-state index in [9.17, 15) is 9.90 Å². The molecule has 2 rings (SSSR count). The minimum atomic E-state index is -0.195. The van der Waals surface area contributed by atoms with Crippen LogP contribution in [-0.4, -0.2) is 29.2 Å². The van der Waals surface area contributed by atoms with E-state index in [2.05, 4.69) is 0 Å². The summed E-state index contributed by atoms with van der Waals surface area (Å²) in [7, 11) is 0. The Morgan fingerprint density at radius 3 is 2.93 bits per heavy atom. The van der Waals surface area contributed by atoms with Crippen LogP contribution in [0.1, 0.15) is 16.8 Å². The number of carbonyl (C=O) groups is 1. The number of phenols is 1. The van der Waals surface area contributed by atoms with Crippen LogP contribution < -0.4 is 0 Å². The number of halogens is 1. The van der Waals surface area contributed by atoms with Gasteiger partial charge in [0, 0.05) is 5.56 Å². The van der Waals surface area contributed by atoms with Gasteiger partial charge in [0.15, 0.2) is 0 Å². The zero-order valence-electron chi connectivity index (χ0n) is 7.94. The van der Waals surface area contributed by atoms with Crippen molar-refractivity contribution in [2.24, 2.45) is 0 Å². The molecule has 1 aromatic carbocycles. The molecule has 0 aliphatic carbocycles. The molecule has 4 nitrogen and oxygen atoms in total. The van der Waals surface area contributed by atoms with Crippen molar-refractivity contribution in [3.8, 4) is 5.75 Å². The third kappa shape index (κ3) is 2.23. The van der Waals surface area contributed by atoms with Crippen molar-refractivity contribution in [2.75, 3.05) is 13.2 Å². The number of benzene rings is 1. The van der Waals surface area contributed by atoms with E-state index in [4.69, 9.17) is 4.84 Å². The quantitative estimate of drug-likeness (QED) is 0.803. The fourth-order valence-corrected chi connectivity index (χ4v) is 1.73. The van der Waals surface area contributed by atoms with Crippen LogP contribution in [0.15, 0.2) is 18.2 Å². The lowest BCUT2D eigenvalue weighted by Gasteiger charge is -2.13. The number of hydrogen-bond acceptors (Lipinski definition) is 3. The van der Waals surface area contributed by atoms with E-state index in [0.717, 1.165) is 9.99 Å². The molecule has 1 saturated heterocycles. The van der Waals surface area contributed by atoms with Gasteiger partial charge in [0.1, 0.15) is 5.75 Å². The smallest absolute Gasteiger partial charge is 0.277 e. The summed E-state index contributed by atoms with van der Waals surface area (Å²) in [6, 6.07) is 4.86. The third-order valence-electron chi connectivity index (χ3n) is 2.17. The molecular formula is C10H10INO3. The topological polar surface area (TPSA) is 49.8 Å². The number of rotatable bonds is 1. The van der Waals surface area contributed by atoms with Gasteiger partial charge in [-0.25, -0.2) is 5.06 Å². The van der Waals surface area contributed by atoms with Gasteiger partial charge >= 0.3 is 0 Å². The number of hydroxylamine groups is 2. The second-order valence-corrected chi connectivity index (χ2v) is 4.42. The highest BCUT2D eigenvalue weighted by Gasteiger charge is 2.21. The molecule has 1 fully saturated rings. The summed E-state index contributed by atoms with van der Waals surface area (Å²) in [4.78, 5) is 16.9. The summed E-state index contributed by atoms with van der Waals surface area (Å²) in [6.07, 6.45) is 0.863. The molecule has 0 saturated carbocycles. The third-order valence-corrected chi connectivity index (χ3v) is 3.08. The predicted molar refractivity (Wildman–Crippen MR) is 62.4 cm³/mol. The van der Waals surface area contributed by atoms with Crippen LogP contribution in [0.25, 0.3) is 0 Å². The van der Waals surface area contributed by atoms with Crippen molar-refractivity contribution in [1.82, 2.24) is 5.06 Å². The molecule has 0 bridgehead atoms. The van der Waals surface area contributed by atoms with Gasteiger partial charge in [0.25, 0.3) is 5.91 Å². The Morgan fingerprint density at radius 2 is 2.33 bits per heavy atom. The first-order valence-electron chi connectivity index (χ1n) is 4.62. The van der Waals surface area contributed by atoms with E-state index in [-0.39, 0.29) is 11.7 Å². The minimum absolute atomic E-state index is 0.126. The fraction of sp³-hybridized carbons (Fsp3) is 0.300. The molecule has 1 amide bonds. The van der Waals surface area contributed by atoms with E-state index >= 15 is 0 Å². The van der Waals surface area contributed by atoms with Crippen molar-refractivity contribution < 1.29 is 14.7 Å². The largest absolute Gasteiger partial charge is 0.507 e. The highest BCUT2D eigenvalue weighted by molar-refractivity contribution is 14.1. The lowest BCUT2D eigenvalue weighted by atomic mass is 10.2. The van der Waals surface area contributed by atoms with Crippen molar-refractivity contribution in [1.29, 1.82) is 0 Å². The summed E-state index contributed by atoms with van der Waals surface area (Å²) in [6.45, 7) is 1.20. The second kappa shape index (κ2) is 4.36. The van der Waals surface area contributed by atoms with Gasteiger partial charge in [-0.1, -0.05) is 0 Å². The number of phenolic OH excluding ortho intramolecular Hbond substituents is 1. The number of carbonyl (C=O) groups excluding carboxylic acids is 1. The summed E-state index contributed by atoms with van der Waals surface area (Å²) < 4.78 is 0.728. The highest BCUT2D eigenvalue weighted by atomic mass is 127. The summed E-state index contributed by atoms with van der Waals surface area (Å²) in [5, 5.41) is 10.8. The summed E-state index contributed by atoms with van der Waals surface area (Å²) in [5.41, 5.74) is 0.454. The molecule has 1 heterocycles. The van der Waals surface area contributed by atoms with Gasteiger partial charge < -0.3 is 5.11 Å². The van der Waals surface area contributed by atoms with Crippen LogP contribution in [-0.2, 0) is 4.84 Å². The average molecular weight is 319 g/mol. The SMILES string of the molecule is O=C(c1ccc(I)c(O)c1)N1CCCO1. The van der Waals surface area contributed by atoms with Crippen molar-refractivity contribution in [3.05, 3.63) is 27.3 Å². The Bertz CT molecular complexity index is 388. The molecule has 15 heavy (non-hydrogen) atoms. The fourth-order valence-electron chi connectivity index (χ4n) is 1.40. The Kier molecular flexibility index (Phi) is 3.11. The minimum Gasteiger partial charge on any atom is -0.507 e. The van der Waals surface area contributed by atoms with Gasteiger partial charge in [-0.05, 0) is 47.2 Å². The van der Waals surface area contributed by atoms with E-state index in [0.29, 0.717) is 18.7 Å². The first kappa shape index (κ1) is 10.7. The molecule has 5 heteroatoms. The molecule has 1 aromatic rings. The van der Waals surface area contributed by atoms with E-state index in [1.807, 2.05) is 22.6 Å². The molecule has 0 aromatic heterocycles. The first-order valence-corrected chi connectivity index (χ1v) is 5.69. The van der Waals surface area contributed by atoms with Crippen LogP contribution in [0.4, 0.5) is 0 Å². The second-order valence-electron chi connectivity index (χ2n) is 3.26. The highest BCUT2D eigenvalue weighted by Crippen LogP contribution is 2.22. The maximum atomic E-state index is 11.8. The van der Waals surface area contributed by atoms with Gasteiger partial charge in [0.05, 0.1) is 16.7 Å². The van der Waals surface area contributed by atoms with Crippen molar-refractivity contribution in [3.63, 3.8) is 0 Å². The van der Waals surface area contributed by atoms with E-state index in [1.54, 1.807) is 12.1 Å². The molecule has 1 aliphatic rings. The molecular weight excluding hydrogens is 309 g/mol. The Balaban J connectivity index is 2.21. The molecule has 1 aliphatic heterocycles.